The predicted octanol–water partition coefficient (Wildman–Crippen LogP) is 0.846. The highest BCUT2D eigenvalue weighted by Crippen LogP contribution is 2.26. The third-order valence-corrected chi connectivity index (χ3v) is 5.29. The molecule has 0 aliphatic carbocycles. The van der Waals surface area contributed by atoms with Gasteiger partial charge in [-0.25, -0.2) is 0 Å². The molecular weight excluding hydrogens is 286 g/mol. The summed E-state index contributed by atoms with van der Waals surface area (Å²) in [6.45, 7) is 6.20. The Labute approximate surface area is 130 Å². The highest BCUT2D eigenvalue weighted by molar-refractivity contribution is 8.00. The van der Waals surface area contributed by atoms with Gasteiger partial charge >= 0.3 is 0 Å². The fraction of sp³-hybridized carbons (Fsp3) is 0.733. The molecule has 0 bridgehead atoms. The molecule has 0 aromatic heterocycles. The number of likely N-dealkylation sites (tertiary alicyclic amines) is 2. The van der Waals surface area contributed by atoms with Gasteiger partial charge < -0.3 is 10.6 Å². The Morgan fingerprint density at radius 1 is 1.24 bits per heavy atom. The lowest BCUT2D eigenvalue weighted by Crippen LogP contribution is -2.51. The second-order valence-electron chi connectivity index (χ2n) is 5.71. The zero-order valence-electron chi connectivity index (χ0n) is 12.5. The third kappa shape index (κ3) is 4.23. The van der Waals surface area contributed by atoms with E-state index < -0.39 is 0 Å². The molecule has 0 aromatic carbocycles. The number of piperidine rings is 1. The van der Waals surface area contributed by atoms with Crippen LogP contribution in [0, 0.1) is 0 Å². The van der Waals surface area contributed by atoms with Crippen molar-refractivity contribution in [3.8, 4) is 0 Å². The summed E-state index contributed by atoms with van der Waals surface area (Å²) >= 11 is 1.60. The number of nitrogens with two attached hydrogens (primary N) is 1. The highest BCUT2D eigenvalue weighted by Gasteiger charge is 2.36. The van der Waals surface area contributed by atoms with Gasteiger partial charge in [0.1, 0.15) is 0 Å². The van der Waals surface area contributed by atoms with Crippen LogP contribution >= 0.6 is 11.8 Å². The van der Waals surface area contributed by atoms with E-state index in [1.807, 2.05) is 11.0 Å². The molecule has 2 amide bonds. The Kier molecular flexibility index (Phi) is 6.11. The molecule has 2 aliphatic rings. The summed E-state index contributed by atoms with van der Waals surface area (Å²) in [5.41, 5.74) is 5.48. The van der Waals surface area contributed by atoms with Crippen LogP contribution in [0.3, 0.4) is 0 Å². The Bertz CT molecular complexity index is 394. The molecule has 2 fully saturated rings. The fourth-order valence-electron chi connectivity index (χ4n) is 3.30. The maximum atomic E-state index is 12.1. The topological polar surface area (TPSA) is 66.6 Å². The SMILES string of the molecule is C=CCSCC(=O)N1CCC(N2CCC[C@@H]2C(N)=O)CC1. The Morgan fingerprint density at radius 2 is 1.95 bits per heavy atom. The molecular formula is C15H25N3O2S. The standard InChI is InChI=1S/C15H25N3O2S/c1-2-10-21-11-14(19)17-8-5-12(6-9-17)18-7-3-4-13(18)15(16)20/h2,12-13H,1,3-11H2,(H2,16,20)/t13-/m1/s1. The van der Waals surface area contributed by atoms with Gasteiger partial charge in [-0.05, 0) is 32.2 Å². The average molecular weight is 311 g/mol. The summed E-state index contributed by atoms with van der Waals surface area (Å²) in [6.07, 6.45) is 5.64. The van der Waals surface area contributed by atoms with E-state index in [4.69, 9.17) is 5.73 Å². The lowest BCUT2D eigenvalue weighted by Gasteiger charge is -2.38. The van der Waals surface area contributed by atoms with Crippen LogP contribution in [-0.4, -0.2) is 64.8 Å². The normalized spacial score (nSPS) is 24.2. The Hall–Kier alpha value is -1.01. The summed E-state index contributed by atoms with van der Waals surface area (Å²) in [4.78, 5) is 27.7. The van der Waals surface area contributed by atoms with Gasteiger partial charge in [0, 0.05) is 24.9 Å². The molecule has 2 rings (SSSR count). The van der Waals surface area contributed by atoms with Crippen LogP contribution in [0.5, 0.6) is 0 Å². The number of thioether (sulfide) groups is 1. The first-order chi connectivity index (χ1) is 10.1. The van der Waals surface area contributed by atoms with Gasteiger partial charge in [0.05, 0.1) is 11.8 Å². The molecule has 2 heterocycles. The van der Waals surface area contributed by atoms with Gasteiger partial charge in [0.15, 0.2) is 0 Å². The molecule has 0 unspecified atom stereocenters. The highest BCUT2D eigenvalue weighted by atomic mass is 32.2. The second-order valence-corrected chi connectivity index (χ2v) is 6.74. The van der Waals surface area contributed by atoms with Crippen LogP contribution in [0.15, 0.2) is 12.7 Å². The van der Waals surface area contributed by atoms with Crippen molar-refractivity contribution < 1.29 is 9.59 Å². The first-order valence-electron chi connectivity index (χ1n) is 7.65. The van der Waals surface area contributed by atoms with E-state index in [-0.39, 0.29) is 17.9 Å². The molecule has 0 radical (unpaired) electrons. The summed E-state index contributed by atoms with van der Waals surface area (Å²) in [6, 6.07) is 0.301. The maximum absolute atomic E-state index is 12.1. The minimum absolute atomic E-state index is 0.0969. The summed E-state index contributed by atoms with van der Waals surface area (Å²) in [7, 11) is 0. The Morgan fingerprint density at radius 3 is 2.57 bits per heavy atom. The zero-order valence-corrected chi connectivity index (χ0v) is 13.3. The molecule has 0 saturated carbocycles. The number of rotatable bonds is 6. The Balaban J connectivity index is 1.79. The molecule has 6 heteroatoms. The number of nitrogens with zero attached hydrogens (tertiary/aromatic N) is 2. The molecule has 118 valence electrons. The van der Waals surface area contributed by atoms with E-state index >= 15 is 0 Å². The predicted molar refractivity (Wildman–Crippen MR) is 86.0 cm³/mol. The summed E-state index contributed by atoms with van der Waals surface area (Å²) in [5, 5.41) is 0. The van der Waals surface area contributed by atoms with Gasteiger partial charge in [0.2, 0.25) is 11.8 Å². The number of hydrogen-bond donors (Lipinski definition) is 1. The summed E-state index contributed by atoms with van der Waals surface area (Å²) < 4.78 is 0. The average Bonchev–Trinajstić information content (AvgIpc) is 2.97. The van der Waals surface area contributed by atoms with Gasteiger partial charge in [0.25, 0.3) is 0 Å². The van der Waals surface area contributed by atoms with Crippen LogP contribution in [0.2, 0.25) is 0 Å². The van der Waals surface area contributed by atoms with Gasteiger partial charge in [-0.3, -0.25) is 14.5 Å². The maximum Gasteiger partial charge on any atom is 0.234 e. The number of carbonyl (C=O) groups excluding carboxylic acids is 2. The molecule has 2 saturated heterocycles. The first kappa shape index (κ1) is 16.4. The molecule has 0 aromatic rings. The monoisotopic (exact) mass is 311 g/mol. The van der Waals surface area contributed by atoms with E-state index in [1.54, 1.807) is 11.8 Å². The number of carbonyl (C=O) groups is 2. The van der Waals surface area contributed by atoms with Crippen molar-refractivity contribution in [2.24, 2.45) is 5.73 Å². The minimum atomic E-state index is -0.202. The van der Waals surface area contributed by atoms with E-state index in [2.05, 4.69) is 11.5 Å². The third-order valence-electron chi connectivity index (χ3n) is 4.37. The van der Waals surface area contributed by atoms with Crippen LogP contribution in [0.4, 0.5) is 0 Å². The van der Waals surface area contributed by atoms with Gasteiger partial charge in [-0.15, -0.1) is 18.3 Å². The van der Waals surface area contributed by atoms with Crippen molar-refractivity contribution in [2.45, 2.75) is 37.8 Å². The second kappa shape index (κ2) is 7.84. The zero-order chi connectivity index (χ0) is 15.2. The largest absolute Gasteiger partial charge is 0.368 e. The molecule has 2 aliphatic heterocycles. The van der Waals surface area contributed by atoms with Crippen molar-refractivity contribution >= 4 is 23.6 Å². The fourth-order valence-corrected chi connectivity index (χ4v) is 3.94. The van der Waals surface area contributed by atoms with Crippen LogP contribution in [0.25, 0.3) is 0 Å². The van der Waals surface area contributed by atoms with E-state index in [9.17, 15) is 9.59 Å². The van der Waals surface area contributed by atoms with Crippen LogP contribution < -0.4 is 5.73 Å². The lowest BCUT2D eigenvalue weighted by molar-refractivity contribution is -0.131. The molecule has 2 N–H and O–H groups in total. The van der Waals surface area contributed by atoms with Crippen molar-refractivity contribution in [1.82, 2.24) is 9.80 Å². The smallest absolute Gasteiger partial charge is 0.234 e. The van der Waals surface area contributed by atoms with Crippen molar-refractivity contribution in [2.75, 3.05) is 31.1 Å². The lowest BCUT2D eigenvalue weighted by atomic mass is 10.0. The number of amides is 2. The van der Waals surface area contributed by atoms with Crippen LogP contribution in [-0.2, 0) is 9.59 Å². The van der Waals surface area contributed by atoms with E-state index in [0.29, 0.717) is 11.8 Å². The van der Waals surface area contributed by atoms with Crippen molar-refractivity contribution in [1.29, 1.82) is 0 Å². The van der Waals surface area contributed by atoms with E-state index in [0.717, 1.165) is 51.1 Å². The molecule has 5 nitrogen and oxygen atoms in total. The quantitative estimate of drug-likeness (QED) is 0.583. The summed E-state index contributed by atoms with van der Waals surface area (Å²) in [5.74, 6) is 1.36. The van der Waals surface area contributed by atoms with Crippen molar-refractivity contribution in [3.63, 3.8) is 0 Å². The molecule has 0 spiro atoms. The van der Waals surface area contributed by atoms with Gasteiger partial charge in [-0.1, -0.05) is 6.08 Å². The molecule has 21 heavy (non-hydrogen) atoms. The molecule has 1 atom stereocenters. The first-order valence-corrected chi connectivity index (χ1v) is 8.80. The number of primary amides is 1. The van der Waals surface area contributed by atoms with Crippen LogP contribution in [0.1, 0.15) is 25.7 Å². The number of hydrogen-bond acceptors (Lipinski definition) is 4. The van der Waals surface area contributed by atoms with Gasteiger partial charge in [-0.2, -0.15) is 0 Å². The minimum Gasteiger partial charge on any atom is -0.368 e. The van der Waals surface area contributed by atoms with E-state index in [1.165, 1.54) is 0 Å². The van der Waals surface area contributed by atoms with Crippen molar-refractivity contribution in [3.05, 3.63) is 12.7 Å².